The summed E-state index contributed by atoms with van der Waals surface area (Å²) in [6, 6.07) is 12.1. The summed E-state index contributed by atoms with van der Waals surface area (Å²) in [6.07, 6.45) is 0.525. The van der Waals surface area contributed by atoms with E-state index in [0.29, 0.717) is 6.42 Å². The summed E-state index contributed by atoms with van der Waals surface area (Å²) in [4.78, 5) is 15.3. The molecular weight excluding hydrogens is 368 g/mol. The van der Waals surface area contributed by atoms with Crippen LogP contribution < -0.4 is 5.32 Å². The second-order valence-corrected chi connectivity index (χ2v) is 10.0. The Morgan fingerprint density at radius 2 is 2.04 bits per heavy atom. The van der Waals surface area contributed by atoms with E-state index in [1.165, 1.54) is 5.56 Å². The molecule has 1 amide bonds. The van der Waals surface area contributed by atoms with E-state index in [4.69, 9.17) is 0 Å². The van der Waals surface area contributed by atoms with Gasteiger partial charge in [-0.15, -0.1) is 11.3 Å². The van der Waals surface area contributed by atoms with Crippen LogP contribution in [-0.4, -0.2) is 50.4 Å². The van der Waals surface area contributed by atoms with Crippen LogP contribution in [0.3, 0.4) is 0 Å². The number of aryl methyl sites for hydroxylation is 1. The topological polar surface area (TPSA) is 66.5 Å². The highest BCUT2D eigenvalue weighted by molar-refractivity contribution is 7.91. The Bertz CT molecular complexity index is 845. The van der Waals surface area contributed by atoms with Crippen molar-refractivity contribution in [1.82, 2.24) is 10.2 Å². The molecule has 1 aromatic carbocycles. The zero-order valence-corrected chi connectivity index (χ0v) is 16.6. The standard InChI is InChI=1S/C19H24N2O3S2/c1-14-5-7-15(8-6-14)19(17-4-3-10-25-17)20-12-18(22)21(2)16-9-11-26(23,24)13-16/h3-8,10,16,19-20H,9,11-13H2,1-2H3/t16-,19+/m0/s1. The molecule has 1 aliphatic rings. The maximum absolute atomic E-state index is 12.6. The smallest absolute Gasteiger partial charge is 0.236 e. The van der Waals surface area contributed by atoms with E-state index < -0.39 is 9.84 Å². The van der Waals surface area contributed by atoms with Crippen molar-refractivity contribution in [1.29, 1.82) is 0 Å². The number of hydrogen-bond donors (Lipinski definition) is 1. The molecule has 3 rings (SSSR count). The zero-order chi connectivity index (χ0) is 18.7. The molecule has 5 nitrogen and oxygen atoms in total. The van der Waals surface area contributed by atoms with E-state index in [-0.39, 0.29) is 36.0 Å². The van der Waals surface area contributed by atoms with Crippen LogP contribution in [0.15, 0.2) is 41.8 Å². The molecule has 2 heterocycles. The Morgan fingerprint density at radius 1 is 1.31 bits per heavy atom. The first-order chi connectivity index (χ1) is 12.4. The minimum absolute atomic E-state index is 0.0553. The first-order valence-corrected chi connectivity index (χ1v) is 11.4. The number of carbonyl (C=O) groups excluding carboxylic acids is 1. The van der Waals surface area contributed by atoms with Crippen molar-refractivity contribution in [2.45, 2.75) is 25.4 Å². The Labute approximate surface area is 159 Å². The van der Waals surface area contributed by atoms with Crippen LogP contribution in [0.4, 0.5) is 0 Å². The van der Waals surface area contributed by atoms with Gasteiger partial charge in [-0.25, -0.2) is 8.42 Å². The summed E-state index contributed by atoms with van der Waals surface area (Å²) in [5, 5.41) is 5.38. The molecule has 7 heteroatoms. The van der Waals surface area contributed by atoms with Gasteiger partial charge in [0.2, 0.25) is 5.91 Å². The van der Waals surface area contributed by atoms with Gasteiger partial charge in [0.05, 0.1) is 24.1 Å². The van der Waals surface area contributed by atoms with Crippen LogP contribution in [-0.2, 0) is 14.6 Å². The largest absolute Gasteiger partial charge is 0.341 e. The molecule has 2 atom stereocenters. The molecule has 1 saturated heterocycles. The minimum Gasteiger partial charge on any atom is -0.341 e. The maximum Gasteiger partial charge on any atom is 0.236 e. The lowest BCUT2D eigenvalue weighted by Crippen LogP contribution is -2.43. The van der Waals surface area contributed by atoms with Crippen molar-refractivity contribution < 1.29 is 13.2 Å². The molecule has 0 saturated carbocycles. The molecule has 1 N–H and O–H groups in total. The van der Waals surface area contributed by atoms with Crippen molar-refractivity contribution in [2.24, 2.45) is 0 Å². The Hall–Kier alpha value is -1.70. The molecule has 26 heavy (non-hydrogen) atoms. The predicted octanol–water partition coefficient (Wildman–Crippen LogP) is 2.38. The van der Waals surface area contributed by atoms with Gasteiger partial charge in [-0.1, -0.05) is 35.9 Å². The Morgan fingerprint density at radius 3 is 2.62 bits per heavy atom. The number of likely N-dealkylation sites (N-methyl/N-ethyl adjacent to an activating group) is 1. The van der Waals surface area contributed by atoms with Crippen molar-refractivity contribution in [3.63, 3.8) is 0 Å². The van der Waals surface area contributed by atoms with Crippen LogP contribution in [0.25, 0.3) is 0 Å². The summed E-state index contributed by atoms with van der Waals surface area (Å²) in [6.45, 7) is 2.22. The first-order valence-electron chi connectivity index (χ1n) is 8.65. The van der Waals surface area contributed by atoms with Gasteiger partial charge in [0, 0.05) is 18.0 Å². The summed E-state index contributed by atoms with van der Waals surface area (Å²) >= 11 is 1.65. The first kappa shape index (κ1) is 19.1. The molecule has 140 valence electrons. The lowest BCUT2D eigenvalue weighted by atomic mass is 10.0. The molecule has 0 unspecified atom stereocenters. The summed E-state index contributed by atoms with van der Waals surface area (Å²) in [5.74, 6) is 0.159. The summed E-state index contributed by atoms with van der Waals surface area (Å²) in [7, 11) is -1.30. The van der Waals surface area contributed by atoms with E-state index in [1.54, 1.807) is 23.3 Å². The van der Waals surface area contributed by atoms with Gasteiger partial charge >= 0.3 is 0 Å². The number of amides is 1. The van der Waals surface area contributed by atoms with Crippen LogP contribution in [0.2, 0.25) is 0 Å². The lowest BCUT2D eigenvalue weighted by molar-refractivity contribution is -0.130. The molecule has 0 bridgehead atoms. The fraction of sp³-hybridized carbons (Fsp3) is 0.421. The summed E-state index contributed by atoms with van der Waals surface area (Å²) in [5.41, 5.74) is 2.30. The van der Waals surface area contributed by atoms with E-state index in [2.05, 4.69) is 35.6 Å². The lowest BCUT2D eigenvalue weighted by Gasteiger charge is -2.25. The number of thiophene rings is 1. The monoisotopic (exact) mass is 392 g/mol. The number of rotatable bonds is 6. The molecular formula is C19H24N2O3S2. The molecule has 0 radical (unpaired) electrons. The summed E-state index contributed by atoms with van der Waals surface area (Å²) < 4.78 is 23.3. The fourth-order valence-electron chi connectivity index (χ4n) is 3.20. The number of nitrogens with one attached hydrogen (secondary N) is 1. The van der Waals surface area contributed by atoms with Crippen LogP contribution in [0.5, 0.6) is 0 Å². The number of nitrogens with zero attached hydrogens (tertiary/aromatic N) is 1. The normalized spacial score (nSPS) is 20.0. The third kappa shape index (κ3) is 4.52. The molecule has 1 aliphatic heterocycles. The van der Waals surface area contributed by atoms with Gasteiger partial charge in [-0.05, 0) is 30.4 Å². The van der Waals surface area contributed by atoms with Crippen LogP contribution >= 0.6 is 11.3 Å². The van der Waals surface area contributed by atoms with Crippen LogP contribution in [0, 0.1) is 6.92 Å². The van der Waals surface area contributed by atoms with Gasteiger partial charge in [0.25, 0.3) is 0 Å². The average molecular weight is 393 g/mol. The van der Waals surface area contributed by atoms with Crippen molar-refractivity contribution in [3.8, 4) is 0 Å². The molecule has 0 spiro atoms. The van der Waals surface area contributed by atoms with E-state index in [9.17, 15) is 13.2 Å². The van der Waals surface area contributed by atoms with Crippen molar-refractivity contribution in [3.05, 3.63) is 57.8 Å². The van der Waals surface area contributed by atoms with Gasteiger partial charge in [-0.2, -0.15) is 0 Å². The predicted molar refractivity (Wildman–Crippen MR) is 105 cm³/mol. The van der Waals surface area contributed by atoms with E-state index in [1.807, 2.05) is 18.4 Å². The van der Waals surface area contributed by atoms with E-state index in [0.717, 1.165) is 10.4 Å². The third-order valence-electron chi connectivity index (χ3n) is 4.85. The number of carbonyl (C=O) groups is 1. The van der Waals surface area contributed by atoms with Crippen molar-refractivity contribution in [2.75, 3.05) is 25.1 Å². The second-order valence-electron chi connectivity index (χ2n) is 6.80. The molecule has 1 aromatic heterocycles. The highest BCUT2D eigenvalue weighted by Gasteiger charge is 2.32. The molecule has 0 aliphatic carbocycles. The second kappa shape index (κ2) is 7.90. The zero-order valence-electron chi connectivity index (χ0n) is 15.0. The Balaban J connectivity index is 1.68. The number of sulfone groups is 1. The average Bonchev–Trinajstić information content (AvgIpc) is 3.25. The molecule has 1 fully saturated rings. The van der Waals surface area contributed by atoms with Gasteiger partial charge < -0.3 is 4.90 Å². The van der Waals surface area contributed by atoms with Crippen molar-refractivity contribution >= 4 is 27.1 Å². The SMILES string of the molecule is Cc1ccc([C@@H](NCC(=O)N(C)[C@H]2CCS(=O)(=O)C2)c2cccs2)cc1. The maximum atomic E-state index is 12.6. The number of hydrogen-bond acceptors (Lipinski definition) is 5. The fourth-order valence-corrected chi connectivity index (χ4v) is 5.80. The van der Waals surface area contributed by atoms with Gasteiger partial charge in [0.15, 0.2) is 9.84 Å². The highest BCUT2D eigenvalue weighted by atomic mass is 32.2. The minimum atomic E-state index is -3.00. The Kier molecular flexibility index (Phi) is 5.79. The van der Waals surface area contributed by atoms with Gasteiger partial charge in [-0.3, -0.25) is 10.1 Å². The van der Waals surface area contributed by atoms with Crippen LogP contribution in [0.1, 0.15) is 28.5 Å². The highest BCUT2D eigenvalue weighted by Crippen LogP contribution is 2.26. The third-order valence-corrected chi connectivity index (χ3v) is 7.53. The quantitative estimate of drug-likeness (QED) is 0.820. The van der Waals surface area contributed by atoms with Gasteiger partial charge in [0.1, 0.15) is 0 Å². The molecule has 2 aromatic rings. The number of benzene rings is 1. The van der Waals surface area contributed by atoms with E-state index >= 15 is 0 Å².